The zero-order chi connectivity index (χ0) is 25.6. The number of carbonyl (C=O) groups is 3. The van der Waals surface area contributed by atoms with E-state index in [2.05, 4.69) is 37.1 Å². The van der Waals surface area contributed by atoms with Gasteiger partial charge in [-0.25, -0.2) is 4.79 Å². The Balaban J connectivity index is 2.46. The number of unbranched alkanes of at least 4 members (excludes halogenated alkanes) is 1. The van der Waals surface area contributed by atoms with E-state index >= 15 is 0 Å². The van der Waals surface area contributed by atoms with Crippen LogP contribution in [0.4, 0.5) is 4.79 Å². The maximum absolute atomic E-state index is 13.9. The standard InChI is InChI=1S/C26H41N3O4S/c1-8-9-13-27-23(30)22(21-16(2)11-10-12-17(21)3)29(20-14-18(20)4)24(31)19(15-34)28-25(32)33-26(5,6)7/h10-12,18-20,22,34H,8-9,13-15H2,1-7H3,(H,27,30)(H,28,32). The summed E-state index contributed by atoms with van der Waals surface area (Å²) in [5.41, 5.74) is 2.03. The van der Waals surface area contributed by atoms with Crippen LogP contribution >= 0.6 is 12.6 Å². The minimum absolute atomic E-state index is 0.0868. The molecule has 1 saturated carbocycles. The number of nitrogens with one attached hydrogen (secondary N) is 2. The van der Waals surface area contributed by atoms with Crippen molar-refractivity contribution in [2.24, 2.45) is 5.92 Å². The van der Waals surface area contributed by atoms with E-state index in [0.717, 1.165) is 36.0 Å². The van der Waals surface area contributed by atoms with Crippen molar-refractivity contribution in [3.63, 3.8) is 0 Å². The maximum Gasteiger partial charge on any atom is 0.408 e. The highest BCUT2D eigenvalue weighted by Gasteiger charge is 2.48. The number of aryl methyl sites for hydroxylation is 2. The molecule has 0 aliphatic heterocycles. The van der Waals surface area contributed by atoms with Gasteiger partial charge in [0.15, 0.2) is 0 Å². The van der Waals surface area contributed by atoms with E-state index in [-0.39, 0.29) is 29.5 Å². The molecule has 2 rings (SSSR count). The van der Waals surface area contributed by atoms with Crippen molar-refractivity contribution in [2.45, 2.75) is 91.5 Å². The number of hydrogen-bond donors (Lipinski definition) is 3. The van der Waals surface area contributed by atoms with Crippen molar-refractivity contribution in [1.82, 2.24) is 15.5 Å². The van der Waals surface area contributed by atoms with Gasteiger partial charge in [0, 0.05) is 18.3 Å². The van der Waals surface area contributed by atoms with Crippen LogP contribution in [-0.4, -0.2) is 52.8 Å². The van der Waals surface area contributed by atoms with E-state index in [1.54, 1.807) is 25.7 Å². The number of alkyl carbamates (subject to hydrolysis) is 1. The van der Waals surface area contributed by atoms with E-state index in [1.807, 2.05) is 32.0 Å². The number of thiol groups is 1. The number of ether oxygens (including phenoxy) is 1. The summed E-state index contributed by atoms with van der Waals surface area (Å²) in [7, 11) is 0. The summed E-state index contributed by atoms with van der Waals surface area (Å²) in [6.45, 7) is 13.9. The van der Waals surface area contributed by atoms with Gasteiger partial charge in [-0.05, 0) is 70.1 Å². The fraction of sp³-hybridized carbons (Fsp3) is 0.654. The molecule has 1 aliphatic rings. The third-order valence-electron chi connectivity index (χ3n) is 6.02. The van der Waals surface area contributed by atoms with Crippen LogP contribution in [0.15, 0.2) is 18.2 Å². The molecule has 0 aromatic heterocycles. The van der Waals surface area contributed by atoms with Crippen molar-refractivity contribution in [2.75, 3.05) is 12.3 Å². The monoisotopic (exact) mass is 491 g/mol. The smallest absolute Gasteiger partial charge is 0.408 e. The first-order valence-corrected chi connectivity index (χ1v) is 12.8. The fourth-order valence-electron chi connectivity index (χ4n) is 4.13. The molecule has 3 amide bonds. The van der Waals surface area contributed by atoms with E-state index in [0.29, 0.717) is 6.54 Å². The highest BCUT2D eigenvalue weighted by molar-refractivity contribution is 7.80. The second-order valence-corrected chi connectivity index (χ2v) is 10.6. The predicted molar refractivity (Wildman–Crippen MR) is 138 cm³/mol. The number of rotatable bonds is 10. The molecule has 0 bridgehead atoms. The van der Waals surface area contributed by atoms with Crippen LogP contribution in [-0.2, 0) is 14.3 Å². The van der Waals surface area contributed by atoms with Crippen LogP contribution in [0.5, 0.6) is 0 Å². The molecule has 4 atom stereocenters. The molecule has 8 heteroatoms. The third kappa shape index (κ3) is 7.39. The Hall–Kier alpha value is -2.22. The van der Waals surface area contributed by atoms with Gasteiger partial charge in [-0.1, -0.05) is 38.5 Å². The van der Waals surface area contributed by atoms with Gasteiger partial charge in [-0.2, -0.15) is 12.6 Å². The quantitative estimate of drug-likeness (QED) is 0.336. The fourth-order valence-corrected chi connectivity index (χ4v) is 4.38. The molecular weight excluding hydrogens is 450 g/mol. The van der Waals surface area contributed by atoms with Crippen molar-refractivity contribution in [3.05, 3.63) is 34.9 Å². The molecular formula is C26H41N3O4S. The Morgan fingerprint density at radius 2 is 1.79 bits per heavy atom. The Bertz CT molecular complexity index is 863. The molecule has 1 aliphatic carbocycles. The van der Waals surface area contributed by atoms with E-state index in [9.17, 15) is 14.4 Å². The number of benzene rings is 1. The van der Waals surface area contributed by atoms with Crippen LogP contribution in [0.25, 0.3) is 0 Å². The summed E-state index contributed by atoms with van der Waals surface area (Å²) in [4.78, 5) is 41.6. The van der Waals surface area contributed by atoms with Gasteiger partial charge in [0.05, 0.1) is 0 Å². The summed E-state index contributed by atoms with van der Waals surface area (Å²) in [6.07, 6.45) is 1.94. The SMILES string of the molecule is CCCCNC(=O)C(c1c(C)cccc1C)N(C(=O)C(CS)NC(=O)OC(C)(C)C)C1CC1C. The summed E-state index contributed by atoms with van der Waals surface area (Å²) < 4.78 is 5.36. The van der Waals surface area contributed by atoms with Crippen LogP contribution in [0.3, 0.4) is 0 Å². The molecule has 1 fully saturated rings. The highest BCUT2D eigenvalue weighted by atomic mass is 32.1. The van der Waals surface area contributed by atoms with Gasteiger partial charge in [0.2, 0.25) is 11.8 Å². The zero-order valence-electron chi connectivity index (χ0n) is 21.6. The first kappa shape index (κ1) is 28.0. The molecule has 1 aromatic rings. The lowest BCUT2D eigenvalue weighted by Gasteiger charge is -2.36. The topological polar surface area (TPSA) is 87.7 Å². The zero-order valence-corrected chi connectivity index (χ0v) is 22.5. The number of nitrogens with zero attached hydrogens (tertiary/aromatic N) is 1. The van der Waals surface area contributed by atoms with Gasteiger partial charge in [-0.15, -0.1) is 0 Å². The average Bonchev–Trinajstić information content (AvgIpc) is 3.45. The van der Waals surface area contributed by atoms with Crippen LogP contribution in [0, 0.1) is 19.8 Å². The predicted octanol–water partition coefficient (Wildman–Crippen LogP) is 4.32. The Morgan fingerprint density at radius 3 is 2.26 bits per heavy atom. The molecule has 0 heterocycles. The third-order valence-corrected chi connectivity index (χ3v) is 6.39. The van der Waals surface area contributed by atoms with E-state index < -0.39 is 23.8 Å². The Morgan fingerprint density at radius 1 is 1.21 bits per heavy atom. The summed E-state index contributed by atoms with van der Waals surface area (Å²) in [5.74, 6) is -0.171. The van der Waals surface area contributed by atoms with E-state index in [1.165, 1.54) is 0 Å². The lowest BCUT2D eigenvalue weighted by atomic mass is 9.93. The second-order valence-electron chi connectivity index (χ2n) is 10.3. The summed E-state index contributed by atoms with van der Waals surface area (Å²) in [6, 6.07) is 4.08. The molecule has 2 N–H and O–H groups in total. The molecule has 4 unspecified atom stereocenters. The van der Waals surface area contributed by atoms with Gasteiger partial charge < -0.3 is 20.3 Å². The Labute approximate surface area is 209 Å². The van der Waals surface area contributed by atoms with Crippen molar-refractivity contribution in [1.29, 1.82) is 0 Å². The molecule has 0 spiro atoms. The van der Waals surface area contributed by atoms with E-state index in [4.69, 9.17) is 4.74 Å². The number of hydrogen-bond acceptors (Lipinski definition) is 5. The summed E-state index contributed by atoms with van der Waals surface area (Å²) >= 11 is 4.35. The normalized spacial score (nSPS) is 19.1. The molecule has 7 nitrogen and oxygen atoms in total. The number of carbonyl (C=O) groups excluding carboxylic acids is 3. The molecule has 190 valence electrons. The minimum Gasteiger partial charge on any atom is -0.444 e. The van der Waals surface area contributed by atoms with Gasteiger partial charge in [-0.3, -0.25) is 9.59 Å². The lowest BCUT2D eigenvalue weighted by molar-refractivity contribution is -0.143. The van der Waals surface area contributed by atoms with Crippen molar-refractivity contribution in [3.8, 4) is 0 Å². The Kier molecular flexibility index (Phi) is 9.85. The molecule has 0 radical (unpaired) electrons. The second kappa shape index (κ2) is 12.0. The van der Waals surface area contributed by atoms with Gasteiger partial charge in [0.25, 0.3) is 0 Å². The molecule has 0 saturated heterocycles. The van der Waals surface area contributed by atoms with Crippen molar-refractivity contribution < 1.29 is 19.1 Å². The highest BCUT2D eigenvalue weighted by Crippen LogP contribution is 2.42. The van der Waals surface area contributed by atoms with Gasteiger partial charge in [0.1, 0.15) is 17.7 Å². The van der Waals surface area contributed by atoms with Crippen molar-refractivity contribution >= 4 is 30.5 Å². The van der Waals surface area contributed by atoms with Crippen LogP contribution < -0.4 is 10.6 Å². The minimum atomic E-state index is -0.916. The number of amides is 3. The molecule has 34 heavy (non-hydrogen) atoms. The maximum atomic E-state index is 13.9. The first-order valence-electron chi connectivity index (χ1n) is 12.2. The first-order chi connectivity index (χ1) is 15.9. The molecule has 1 aromatic carbocycles. The average molecular weight is 492 g/mol. The lowest BCUT2D eigenvalue weighted by Crippen LogP contribution is -2.55. The largest absolute Gasteiger partial charge is 0.444 e. The van der Waals surface area contributed by atoms with Gasteiger partial charge >= 0.3 is 6.09 Å². The summed E-state index contributed by atoms with van der Waals surface area (Å²) in [5, 5.41) is 5.70. The van der Waals surface area contributed by atoms with Crippen LogP contribution in [0.1, 0.15) is 76.6 Å². The van der Waals surface area contributed by atoms with Crippen LogP contribution in [0.2, 0.25) is 0 Å².